The summed E-state index contributed by atoms with van der Waals surface area (Å²) in [6, 6.07) is 4.38. The van der Waals surface area contributed by atoms with Gasteiger partial charge in [0.1, 0.15) is 0 Å². The van der Waals surface area contributed by atoms with Crippen LogP contribution in [0.2, 0.25) is 0 Å². The Bertz CT molecular complexity index is 428. The van der Waals surface area contributed by atoms with Crippen LogP contribution in [0.3, 0.4) is 0 Å². The Morgan fingerprint density at radius 1 is 1.10 bits per heavy atom. The second kappa shape index (κ2) is 5.82. The van der Waals surface area contributed by atoms with E-state index in [-0.39, 0.29) is 11.6 Å². The number of likely N-dealkylation sites (tertiary alicyclic amines) is 1. The third-order valence-corrected chi connectivity index (χ3v) is 5.33. The maximum Gasteiger partial charge on any atom is 0.0497 e. The molecule has 1 unspecified atom stereocenters. The molecule has 3 nitrogen and oxygen atoms in total. The molecule has 20 heavy (non-hydrogen) atoms. The topological polar surface area (TPSA) is 42.1 Å². The van der Waals surface area contributed by atoms with E-state index in [1.165, 1.54) is 63.6 Å². The Balaban J connectivity index is 1.87. The number of nitrogens with two attached hydrogens (primary N) is 1. The van der Waals surface area contributed by atoms with Crippen LogP contribution >= 0.6 is 0 Å². The number of nitrogens with zero attached hydrogens (tertiary/aromatic N) is 2. The van der Waals surface area contributed by atoms with Crippen molar-refractivity contribution in [1.82, 2.24) is 9.88 Å². The van der Waals surface area contributed by atoms with E-state index in [2.05, 4.69) is 22.0 Å². The van der Waals surface area contributed by atoms with Crippen LogP contribution in [-0.4, -0.2) is 28.5 Å². The Kier molecular flexibility index (Phi) is 4.08. The van der Waals surface area contributed by atoms with Gasteiger partial charge in [-0.05, 0) is 57.3 Å². The van der Waals surface area contributed by atoms with Crippen LogP contribution in [0.25, 0.3) is 0 Å². The zero-order valence-corrected chi connectivity index (χ0v) is 12.6. The average Bonchev–Trinajstić information content (AvgIpc) is 2.99. The molecule has 0 spiro atoms. The zero-order valence-electron chi connectivity index (χ0n) is 12.6. The molecule has 1 saturated heterocycles. The molecular formula is C17H27N3. The number of aryl methyl sites for hydroxylation is 1. The molecule has 1 aliphatic carbocycles. The van der Waals surface area contributed by atoms with Gasteiger partial charge in [-0.15, -0.1) is 0 Å². The highest BCUT2D eigenvalue weighted by atomic mass is 15.2. The van der Waals surface area contributed by atoms with Crippen LogP contribution in [0.15, 0.2) is 18.3 Å². The SMILES string of the molecule is Cc1ccc(C(N)C2(N3CCCCC3)CCCC2)cn1. The van der Waals surface area contributed by atoms with Gasteiger partial charge in [-0.3, -0.25) is 9.88 Å². The van der Waals surface area contributed by atoms with E-state index in [0.717, 1.165) is 5.69 Å². The van der Waals surface area contributed by atoms with Crippen LogP contribution in [-0.2, 0) is 0 Å². The second-order valence-corrected chi connectivity index (χ2v) is 6.57. The summed E-state index contributed by atoms with van der Waals surface area (Å²) in [5, 5.41) is 0. The predicted octanol–water partition coefficient (Wildman–Crippen LogP) is 3.19. The molecule has 0 radical (unpaired) electrons. The molecule has 0 amide bonds. The molecule has 1 saturated carbocycles. The maximum atomic E-state index is 6.73. The molecular weight excluding hydrogens is 246 g/mol. The summed E-state index contributed by atoms with van der Waals surface area (Å²) in [6.07, 6.45) is 11.2. The molecule has 1 aromatic rings. The predicted molar refractivity (Wildman–Crippen MR) is 82.5 cm³/mol. The van der Waals surface area contributed by atoms with Gasteiger partial charge < -0.3 is 5.73 Å². The summed E-state index contributed by atoms with van der Waals surface area (Å²) in [5.74, 6) is 0. The van der Waals surface area contributed by atoms with E-state index < -0.39 is 0 Å². The minimum atomic E-state index is 0.108. The van der Waals surface area contributed by atoms with Crippen LogP contribution in [0.4, 0.5) is 0 Å². The van der Waals surface area contributed by atoms with Crippen LogP contribution < -0.4 is 5.73 Å². The number of rotatable bonds is 3. The third kappa shape index (κ3) is 2.49. The molecule has 0 bridgehead atoms. The van der Waals surface area contributed by atoms with Crippen molar-refractivity contribution >= 4 is 0 Å². The van der Waals surface area contributed by atoms with Crippen molar-refractivity contribution in [2.24, 2.45) is 5.73 Å². The zero-order chi connectivity index (χ0) is 14.0. The molecule has 3 rings (SSSR count). The Labute approximate surface area is 122 Å². The summed E-state index contributed by atoms with van der Waals surface area (Å²) in [4.78, 5) is 7.15. The van der Waals surface area contributed by atoms with Crippen molar-refractivity contribution < 1.29 is 0 Å². The molecule has 110 valence electrons. The van der Waals surface area contributed by atoms with Gasteiger partial charge in [0.25, 0.3) is 0 Å². The van der Waals surface area contributed by atoms with Crippen LogP contribution in [0.5, 0.6) is 0 Å². The van der Waals surface area contributed by atoms with E-state index in [4.69, 9.17) is 5.73 Å². The normalized spacial score (nSPS) is 24.7. The Morgan fingerprint density at radius 3 is 2.40 bits per heavy atom. The van der Waals surface area contributed by atoms with Crippen LogP contribution in [0.1, 0.15) is 62.2 Å². The van der Waals surface area contributed by atoms with Crippen molar-refractivity contribution in [3.8, 4) is 0 Å². The fourth-order valence-corrected chi connectivity index (χ4v) is 4.12. The molecule has 0 aromatic carbocycles. The number of hydrogen-bond acceptors (Lipinski definition) is 3. The number of hydrogen-bond donors (Lipinski definition) is 1. The Morgan fingerprint density at radius 2 is 1.80 bits per heavy atom. The van der Waals surface area contributed by atoms with Gasteiger partial charge in [0.05, 0.1) is 0 Å². The van der Waals surface area contributed by atoms with Crippen molar-refractivity contribution in [3.63, 3.8) is 0 Å². The highest BCUT2D eigenvalue weighted by molar-refractivity contribution is 5.22. The van der Waals surface area contributed by atoms with Gasteiger partial charge >= 0.3 is 0 Å². The van der Waals surface area contributed by atoms with Crippen LogP contribution in [0, 0.1) is 6.92 Å². The molecule has 2 N–H and O–H groups in total. The van der Waals surface area contributed by atoms with Gasteiger partial charge in [0.2, 0.25) is 0 Å². The second-order valence-electron chi connectivity index (χ2n) is 6.57. The largest absolute Gasteiger partial charge is 0.322 e. The number of piperidine rings is 1. The molecule has 1 aliphatic heterocycles. The van der Waals surface area contributed by atoms with E-state index in [1.54, 1.807) is 0 Å². The third-order valence-electron chi connectivity index (χ3n) is 5.33. The van der Waals surface area contributed by atoms with Gasteiger partial charge in [0, 0.05) is 23.5 Å². The average molecular weight is 273 g/mol. The van der Waals surface area contributed by atoms with Gasteiger partial charge in [-0.2, -0.15) is 0 Å². The maximum absolute atomic E-state index is 6.73. The van der Waals surface area contributed by atoms with Crippen molar-refractivity contribution in [3.05, 3.63) is 29.6 Å². The standard InChI is InChI=1S/C17H27N3/c1-14-7-8-15(13-19-14)16(18)17(9-3-4-10-17)20-11-5-2-6-12-20/h7-8,13,16H,2-6,9-12,18H2,1H3. The van der Waals surface area contributed by atoms with Crippen molar-refractivity contribution in [2.75, 3.05) is 13.1 Å². The van der Waals surface area contributed by atoms with Gasteiger partial charge in [-0.1, -0.05) is 25.3 Å². The minimum Gasteiger partial charge on any atom is -0.322 e. The highest BCUT2D eigenvalue weighted by Crippen LogP contribution is 2.44. The summed E-state index contributed by atoms with van der Waals surface area (Å²) < 4.78 is 0. The summed E-state index contributed by atoms with van der Waals surface area (Å²) >= 11 is 0. The van der Waals surface area contributed by atoms with Gasteiger partial charge in [-0.25, -0.2) is 0 Å². The first kappa shape index (κ1) is 14.0. The summed E-state index contributed by atoms with van der Waals surface area (Å²) in [6.45, 7) is 4.49. The first-order valence-corrected chi connectivity index (χ1v) is 8.16. The lowest BCUT2D eigenvalue weighted by atomic mass is 9.81. The lowest BCUT2D eigenvalue weighted by molar-refractivity contribution is 0.0477. The molecule has 2 fully saturated rings. The Hall–Kier alpha value is -0.930. The summed E-state index contributed by atoms with van der Waals surface area (Å²) in [5.41, 5.74) is 9.21. The monoisotopic (exact) mass is 273 g/mol. The molecule has 2 aliphatic rings. The first-order valence-electron chi connectivity index (χ1n) is 8.16. The smallest absolute Gasteiger partial charge is 0.0497 e. The fraction of sp³-hybridized carbons (Fsp3) is 0.706. The molecule has 1 aromatic heterocycles. The first-order chi connectivity index (χ1) is 9.72. The van der Waals surface area contributed by atoms with E-state index >= 15 is 0 Å². The van der Waals surface area contributed by atoms with E-state index in [1.807, 2.05) is 13.1 Å². The van der Waals surface area contributed by atoms with Gasteiger partial charge in [0.15, 0.2) is 0 Å². The molecule has 2 heterocycles. The minimum absolute atomic E-state index is 0.108. The lowest BCUT2D eigenvalue weighted by Gasteiger charge is -2.47. The fourth-order valence-electron chi connectivity index (χ4n) is 4.12. The molecule has 3 heteroatoms. The van der Waals surface area contributed by atoms with E-state index in [0.29, 0.717) is 0 Å². The highest BCUT2D eigenvalue weighted by Gasteiger charge is 2.45. The molecule has 1 atom stereocenters. The van der Waals surface area contributed by atoms with Crippen molar-refractivity contribution in [1.29, 1.82) is 0 Å². The summed E-state index contributed by atoms with van der Waals surface area (Å²) in [7, 11) is 0. The lowest BCUT2D eigenvalue weighted by Crippen LogP contribution is -2.55. The quantitative estimate of drug-likeness (QED) is 0.919. The number of pyridine rings is 1. The van der Waals surface area contributed by atoms with E-state index in [9.17, 15) is 0 Å². The number of aromatic nitrogens is 1. The van der Waals surface area contributed by atoms with Crippen molar-refractivity contribution in [2.45, 2.75) is 63.5 Å².